The fourth-order valence-electron chi connectivity index (χ4n) is 1.73. The van der Waals surface area contributed by atoms with E-state index in [1.807, 2.05) is 0 Å². The van der Waals surface area contributed by atoms with Crippen LogP contribution in [0.25, 0.3) is 0 Å². The van der Waals surface area contributed by atoms with Crippen LogP contribution in [-0.2, 0) is 14.6 Å². The molecular formula is C13H15N5O5S2. The number of nitro benzene ring substituents is 1. The van der Waals surface area contributed by atoms with Crippen molar-refractivity contribution in [1.82, 2.24) is 10.6 Å². The average Bonchev–Trinajstić information content (AvgIpc) is 2.51. The smallest absolute Gasteiger partial charge is 0.269 e. The standard InChI is InChI=1S/C13H15N5O5S2/c1-25(22,23)8-11(12(19)15-7-6-14)17-13(24)16-9-2-4-10(5-3-9)18(20)21/h2-5,11H,7-8H2,1H3,(H,15,19)(H2,16,17,24). The van der Waals surface area contributed by atoms with Crippen LogP contribution in [0.1, 0.15) is 0 Å². The second-order valence-corrected chi connectivity index (χ2v) is 7.52. The zero-order chi connectivity index (χ0) is 19.0. The second-order valence-electron chi connectivity index (χ2n) is 4.92. The number of nitriles is 1. The maximum absolute atomic E-state index is 11.9. The molecule has 12 heteroatoms. The predicted octanol–water partition coefficient (Wildman–Crippen LogP) is -0.0658. The number of rotatable bonds is 7. The monoisotopic (exact) mass is 385 g/mol. The SMILES string of the molecule is CS(=O)(=O)CC(NC(=S)Nc1ccc([N+](=O)[O-])cc1)C(=O)NCC#N. The summed E-state index contributed by atoms with van der Waals surface area (Å²) in [6, 6.07) is 5.86. The molecule has 1 aromatic rings. The maximum Gasteiger partial charge on any atom is 0.269 e. The van der Waals surface area contributed by atoms with E-state index in [1.54, 1.807) is 6.07 Å². The molecule has 1 atom stereocenters. The molecule has 0 fully saturated rings. The van der Waals surface area contributed by atoms with Gasteiger partial charge in [-0.25, -0.2) is 8.42 Å². The van der Waals surface area contributed by atoms with E-state index < -0.39 is 32.5 Å². The van der Waals surface area contributed by atoms with E-state index in [4.69, 9.17) is 17.5 Å². The maximum atomic E-state index is 11.9. The molecule has 0 radical (unpaired) electrons. The van der Waals surface area contributed by atoms with E-state index in [0.717, 1.165) is 6.26 Å². The van der Waals surface area contributed by atoms with Crippen LogP contribution in [0.2, 0.25) is 0 Å². The van der Waals surface area contributed by atoms with E-state index in [-0.39, 0.29) is 17.3 Å². The first-order valence-corrected chi connectivity index (χ1v) is 9.23. The van der Waals surface area contributed by atoms with Gasteiger partial charge in [-0.15, -0.1) is 0 Å². The van der Waals surface area contributed by atoms with E-state index >= 15 is 0 Å². The number of amides is 1. The minimum Gasteiger partial charge on any atom is -0.350 e. The van der Waals surface area contributed by atoms with Crippen LogP contribution >= 0.6 is 12.2 Å². The van der Waals surface area contributed by atoms with Gasteiger partial charge in [-0.1, -0.05) is 0 Å². The molecule has 0 heterocycles. The highest BCUT2D eigenvalue weighted by Crippen LogP contribution is 2.15. The number of nitrogens with one attached hydrogen (secondary N) is 3. The first kappa shape index (κ1) is 20.3. The molecule has 134 valence electrons. The van der Waals surface area contributed by atoms with Crippen molar-refractivity contribution in [1.29, 1.82) is 5.26 Å². The first-order chi connectivity index (χ1) is 11.6. The molecule has 1 amide bonds. The Kier molecular flexibility index (Phi) is 7.22. The summed E-state index contributed by atoms with van der Waals surface area (Å²) in [6.45, 7) is -0.274. The molecule has 10 nitrogen and oxygen atoms in total. The van der Waals surface area contributed by atoms with E-state index in [0.29, 0.717) is 5.69 Å². The third-order valence-corrected chi connectivity index (χ3v) is 3.93. The molecule has 3 N–H and O–H groups in total. The van der Waals surface area contributed by atoms with Gasteiger partial charge in [-0.2, -0.15) is 5.26 Å². The summed E-state index contributed by atoms with van der Waals surface area (Å²) in [4.78, 5) is 22.0. The van der Waals surface area contributed by atoms with Crippen LogP contribution in [0.3, 0.4) is 0 Å². The van der Waals surface area contributed by atoms with Gasteiger partial charge in [0, 0.05) is 24.1 Å². The number of hydrogen-bond acceptors (Lipinski definition) is 7. The summed E-state index contributed by atoms with van der Waals surface area (Å²) >= 11 is 5.02. The molecule has 1 unspecified atom stereocenters. The summed E-state index contributed by atoms with van der Waals surface area (Å²) in [5.74, 6) is -1.22. The number of carbonyl (C=O) groups excluding carboxylic acids is 1. The topological polar surface area (TPSA) is 154 Å². The van der Waals surface area contributed by atoms with Crippen LogP contribution in [-0.4, -0.2) is 49.0 Å². The third-order valence-electron chi connectivity index (χ3n) is 2.77. The van der Waals surface area contributed by atoms with Gasteiger partial charge in [-0.3, -0.25) is 14.9 Å². The molecule has 0 aliphatic carbocycles. The van der Waals surface area contributed by atoms with Gasteiger partial charge < -0.3 is 16.0 Å². The Morgan fingerprint density at radius 1 is 1.40 bits per heavy atom. The molecule has 0 bridgehead atoms. The van der Waals surface area contributed by atoms with Gasteiger partial charge in [0.25, 0.3) is 5.69 Å². The Hall–Kier alpha value is -2.78. The van der Waals surface area contributed by atoms with Crippen molar-refractivity contribution in [2.75, 3.05) is 23.9 Å². The van der Waals surface area contributed by atoms with Gasteiger partial charge in [0.1, 0.15) is 22.4 Å². The summed E-state index contributed by atoms with van der Waals surface area (Å²) in [6.07, 6.45) is 0.964. The van der Waals surface area contributed by atoms with Gasteiger partial charge in [-0.05, 0) is 24.4 Å². The zero-order valence-electron chi connectivity index (χ0n) is 13.1. The van der Waals surface area contributed by atoms with Crippen molar-refractivity contribution < 1.29 is 18.1 Å². The molecule has 1 rings (SSSR count). The Balaban J connectivity index is 2.78. The average molecular weight is 385 g/mol. The molecule has 0 spiro atoms. The van der Waals surface area contributed by atoms with Crippen molar-refractivity contribution in [2.45, 2.75) is 6.04 Å². The lowest BCUT2D eigenvalue weighted by atomic mass is 10.3. The Labute approximate surface area is 149 Å². The number of non-ortho nitro benzene ring substituents is 1. The highest BCUT2D eigenvalue weighted by Gasteiger charge is 2.23. The van der Waals surface area contributed by atoms with Crippen molar-refractivity contribution in [3.8, 4) is 6.07 Å². The molecule has 0 aliphatic heterocycles. The Bertz CT molecular complexity index is 801. The lowest BCUT2D eigenvalue weighted by Crippen LogP contribution is -2.51. The summed E-state index contributed by atoms with van der Waals surface area (Å²) < 4.78 is 22.9. The fourth-order valence-corrected chi connectivity index (χ4v) is 2.83. The molecule has 0 aromatic heterocycles. The number of carbonyl (C=O) groups is 1. The van der Waals surface area contributed by atoms with Gasteiger partial charge in [0.05, 0.1) is 16.7 Å². The van der Waals surface area contributed by atoms with Gasteiger partial charge in [0.15, 0.2) is 5.11 Å². The molecule has 0 saturated carbocycles. The number of sulfone groups is 1. The first-order valence-electron chi connectivity index (χ1n) is 6.76. The Morgan fingerprint density at radius 3 is 2.48 bits per heavy atom. The predicted molar refractivity (Wildman–Crippen MR) is 94.6 cm³/mol. The number of benzene rings is 1. The van der Waals surface area contributed by atoms with Crippen molar-refractivity contribution in [2.24, 2.45) is 0 Å². The fraction of sp³-hybridized carbons (Fsp3) is 0.308. The molecule has 25 heavy (non-hydrogen) atoms. The second kappa shape index (κ2) is 8.90. The van der Waals surface area contributed by atoms with Crippen molar-refractivity contribution in [3.05, 3.63) is 34.4 Å². The van der Waals surface area contributed by atoms with Crippen LogP contribution in [0, 0.1) is 21.4 Å². The molecular weight excluding hydrogens is 370 g/mol. The van der Waals surface area contributed by atoms with Crippen LogP contribution in [0.4, 0.5) is 11.4 Å². The quantitative estimate of drug-likeness (QED) is 0.253. The highest BCUT2D eigenvalue weighted by atomic mass is 32.2. The number of nitrogens with zero attached hydrogens (tertiary/aromatic N) is 2. The summed E-state index contributed by atoms with van der Waals surface area (Å²) in [5.41, 5.74) is 0.314. The van der Waals surface area contributed by atoms with Crippen molar-refractivity contribution in [3.63, 3.8) is 0 Å². The normalized spacial score (nSPS) is 11.7. The lowest BCUT2D eigenvalue weighted by Gasteiger charge is -2.19. The third kappa shape index (κ3) is 7.55. The molecule has 0 aliphatic rings. The minimum absolute atomic E-state index is 0.0467. The highest BCUT2D eigenvalue weighted by molar-refractivity contribution is 7.90. The number of thiocarbonyl (C=S) groups is 1. The molecule has 0 saturated heterocycles. The van der Waals surface area contributed by atoms with Crippen LogP contribution < -0.4 is 16.0 Å². The van der Waals surface area contributed by atoms with E-state index in [2.05, 4.69) is 16.0 Å². The number of nitro groups is 1. The number of anilines is 1. The zero-order valence-corrected chi connectivity index (χ0v) is 14.7. The molecule has 1 aromatic carbocycles. The van der Waals surface area contributed by atoms with Crippen LogP contribution in [0.15, 0.2) is 24.3 Å². The largest absolute Gasteiger partial charge is 0.350 e. The number of hydrogen-bond donors (Lipinski definition) is 3. The van der Waals surface area contributed by atoms with Gasteiger partial charge >= 0.3 is 0 Å². The van der Waals surface area contributed by atoms with Crippen LogP contribution in [0.5, 0.6) is 0 Å². The van der Waals surface area contributed by atoms with Gasteiger partial charge in [0.2, 0.25) is 5.91 Å². The summed E-state index contributed by atoms with van der Waals surface area (Å²) in [5, 5.41) is 26.5. The van der Waals surface area contributed by atoms with E-state index in [9.17, 15) is 23.3 Å². The van der Waals surface area contributed by atoms with E-state index in [1.165, 1.54) is 24.3 Å². The Morgan fingerprint density at radius 2 is 2.00 bits per heavy atom. The summed E-state index contributed by atoms with van der Waals surface area (Å²) in [7, 11) is -3.50. The lowest BCUT2D eigenvalue weighted by molar-refractivity contribution is -0.384. The minimum atomic E-state index is -3.50. The van der Waals surface area contributed by atoms with Crippen molar-refractivity contribution >= 4 is 44.4 Å².